The molecule has 0 spiro atoms. The van der Waals surface area contributed by atoms with Crippen LogP contribution in [-0.4, -0.2) is 10.1 Å². The molecule has 2 aromatic rings. The van der Waals surface area contributed by atoms with E-state index in [1.54, 1.807) is 12.3 Å². The van der Waals surface area contributed by atoms with E-state index in [0.717, 1.165) is 0 Å². The molecule has 0 bridgehead atoms. The van der Waals surface area contributed by atoms with E-state index in [1.165, 1.54) is 6.07 Å². The number of benzene rings is 1. The van der Waals surface area contributed by atoms with Crippen molar-refractivity contribution in [3.63, 3.8) is 0 Å². The Hall–Kier alpha value is -0.860. The number of phenolic OH excluding ortho intramolecular Hbond substituents is 1. The van der Waals surface area contributed by atoms with Gasteiger partial charge in [0.05, 0.1) is 15.6 Å². The quantitative estimate of drug-likeness (QED) is 0.676. The van der Waals surface area contributed by atoms with Gasteiger partial charge in [0.25, 0.3) is 0 Å². The Bertz CT molecular complexity index is 436. The molecular formula is C8H5Cl2NO. The summed E-state index contributed by atoms with van der Waals surface area (Å²) in [5.41, 5.74) is 0.668. The molecule has 0 aliphatic rings. The van der Waals surface area contributed by atoms with Crippen LogP contribution in [0.3, 0.4) is 0 Å². The highest BCUT2D eigenvalue weighted by Crippen LogP contribution is 2.35. The second-order valence-electron chi connectivity index (χ2n) is 2.46. The SMILES string of the molecule is Oc1cc(Cl)c(Cl)c2[nH]ccc12. The first-order chi connectivity index (χ1) is 5.70. The zero-order valence-corrected chi connectivity index (χ0v) is 7.45. The average Bonchev–Trinajstić information content (AvgIpc) is 2.48. The number of nitrogens with one attached hydrogen (secondary N) is 1. The molecule has 0 atom stereocenters. The minimum atomic E-state index is 0.139. The Labute approximate surface area is 78.7 Å². The Morgan fingerprint density at radius 3 is 2.83 bits per heavy atom. The minimum Gasteiger partial charge on any atom is -0.507 e. The maximum absolute atomic E-state index is 9.40. The predicted molar refractivity (Wildman–Crippen MR) is 50.0 cm³/mol. The monoisotopic (exact) mass is 201 g/mol. The molecule has 0 saturated heterocycles. The van der Waals surface area contributed by atoms with E-state index in [0.29, 0.717) is 20.9 Å². The summed E-state index contributed by atoms with van der Waals surface area (Å²) in [5, 5.41) is 10.9. The molecule has 0 unspecified atom stereocenters. The van der Waals surface area contributed by atoms with Crippen molar-refractivity contribution in [3.05, 3.63) is 28.4 Å². The highest BCUT2D eigenvalue weighted by molar-refractivity contribution is 6.45. The van der Waals surface area contributed by atoms with Gasteiger partial charge in [-0.3, -0.25) is 0 Å². The summed E-state index contributed by atoms with van der Waals surface area (Å²) in [6.07, 6.45) is 1.70. The van der Waals surface area contributed by atoms with Gasteiger partial charge in [0, 0.05) is 17.6 Å². The maximum atomic E-state index is 9.40. The fourth-order valence-corrected chi connectivity index (χ4v) is 1.55. The molecule has 0 aliphatic carbocycles. The van der Waals surface area contributed by atoms with Gasteiger partial charge in [-0.15, -0.1) is 0 Å². The highest BCUT2D eigenvalue weighted by atomic mass is 35.5. The van der Waals surface area contributed by atoms with Crippen LogP contribution >= 0.6 is 23.2 Å². The van der Waals surface area contributed by atoms with Crippen LogP contribution in [0.25, 0.3) is 10.9 Å². The molecule has 1 aromatic carbocycles. The summed E-state index contributed by atoms with van der Waals surface area (Å²) in [5.74, 6) is 0.139. The normalized spacial score (nSPS) is 10.8. The molecule has 0 fully saturated rings. The van der Waals surface area contributed by atoms with E-state index in [1.807, 2.05) is 0 Å². The van der Waals surface area contributed by atoms with Crippen LogP contribution in [0.4, 0.5) is 0 Å². The zero-order valence-electron chi connectivity index (χ0n) is 5.94. The first-order valence-corrected chi connectivity index (χ1v) is 4.10. The second-order valence-corrected chi connectivity index (χ2v) is 3.24. The maximum Gasteiger partial charge on any atom is 0.126 e. The summed E-state index contributed by atoms with van der Waals surface area (Å²) in [6.45, 7) is 0. The lowest BCUT2D eigenvalue weighted by atomic mass is 10.2. The number of rotatable bonds is 0. The van der Waals surface area contributed by atoms with Crippen molar-refractivity contribution >= 4 is 34.1 Å². The standard InChI is InChI=1S/C8H5Cl2NO/c9-5-3-6(12)4-1-2-11-8(4)7(5)10/h1-3,11-12H. The molecule has 4 heteroatoms. The number of hydrogen-bond acceptors (Lipinski definition) is 1. The highest BCUT2D eigenvalue weighted by Gasteiger charge is 2.08. The molecule has 0 saturated carbocycles. The Morgan fingerprint density at radius 1 is 1.33 bits per heavy atom. The van der Waals surface area contributed by atoms with Crippen molar-refractivity contribution in [2.75, 3.05) is 0 Å². The van der Waals surface area contributed by atoms with Gasteiger partial charge in [0.2, 0.25) is 0 Å². The van der Waals surface area contributed by atoms with E-state index in [4.69, 9.17) is 23.2 Å². The molecule has 0 amide bonds. The van der Waals surface area contributed by atoms with E-state index < -0.39 is 0 Å². The fourth-order valence-electron chi connectivity index (χ4n) is 1.15. The number of H-pyrrole nitrogens is 1. The lowest BCUT2D eigenvalue weighted by molar-refractivity contribution is 0.482. The van der Waals surface area contributed by atoms with Crippen LogP contribution in [-0.2, 0) is 0 Å². The second kappa shape index (κ2) is 2.57. The van der Waals surface area contributed by atoms with Crippen molar-refractivity contribution in [2.45, 2.75) is 0 Å². The van der Waals surface area contributed by atoms with Crippen molar-refractivity contribution in [2.24, 2.45) is 0 Å². The molecular weight excluding hydrogens is 197 g/mol. The molecule has 0 aliphatic heterocycles. The van der Waals surface area contributed by atoms with Gasteiger partial charge in [-0.25, -0.2) is 0 Å². The van der Waals surface area contributed by atoms with Gasteiger partial charge in [-0.05, 0) is 6.07 Å². The molecule has 1 heterocycles. The van der Waals surface area contributed by atoms with Crippen molar-refractivity contribution < 1.29 is 5.11 Å². The molecule has 2 nitrogen and oxygen atoms in total. The van der Waals surface area contributed by atoms with Crippen molar-refractivity contribution in [1.29, 1.82) is 0 Å². The topological polar surface area (TPSA) is 36.0 Å². The van der Waals surface area contributed by atoms with Crippen LogP contribution in [0, 0.1) is 0 Å². The number of phenols is 1. The van der Waals surface area contributed by atoms with Gasteiger partial charge < -0.3 is 10.1 Å². The van der Waals surface area contributed by atoms with E-state index >= 15 is 0 Å². The van der Waals surface area contributed by atoms with Crippen LogP contribution in [0.2, 0.25) is 10.0 Å². The van der Waals surface area contributed by atoms with Gasteiger partial charge in [0.1, 0.15) is 5.75 Å². The Morgan fingerprint density at radius 2 is 2.08 bits per heavy atom. The minimum absolute atomic E-state index is 0.139. The molecule has 0 radical (unpaired) electrons. The Kier molecular flexibility index (Phi) is 1.67. The lowest BCUT2D eigenvalue weighted by Crippen LogP contribution is -1.74. The van der Waals surface area contributed by atoms with Crippen molar-refractivity contribution in [3.8, 4) is 5.75 Å². The summed E-state index contributed by atoms with van der Waals surface area (Å²) >= 11 is 11.6. The third kappa shape index (κ3) is 0.958. The first kappa shape index (κ1) is 7.77. The number of halogens is 2. The lowest BCUT2D eigenvalue weighted by Gasteiger charge is -1.99. The molecule has 62 valence electrons. The molecule has 12 heavy (non-hydrogen) atoms. The van der Waals surface area contributed by atoms with E-state index in [-0.39, 0.29) is 5.75 Å². The Balaban J connectivity index is 2.97. The summed E-state index contributed by atoms with van der Waals surface area (Å²) < 4.78 is 0. The third-order valence-corrected chi connectivity index (χ3v) is 2.50. The zero-order chi connectivity index (χ0) is 8.72. The van der Waals surface area contributed by atoms with Crippen LogP contribution in [0.15, 0.2) is 18.3 Å². The number of aromatic nitrogens is 1. The van der Waals surface area contributed by atoms with E-state index in [2.05, 4.69) is 4.98 Å². The summed E-state index contributed by atoms with van der Waals surface area (Å²) in [4.78, 5) is 2.89. The summed E-state index contributed by atoms with van der Waals surface area (Å²) in [6, 6.07) is 3.17. The number of hydrogen-bond donors (Lipinski definition) is 2. The molecule has 2 N–H and O–H groups in total. The van der Waals surface area contributed by atoms with Gasteiger partial charge in [-0.2, -0.15) is 0 Å². The van der Waals surface area contributed by atoms with Crippen molar-refractivity contribution in [1.82, 2.24) is 4.98 Å². The smallest absolute Gasteiger partial charge is 0.126 e. The van der Waals surface area contributed by atoms with Gasteiger partial charge in [0.15, 0.2) is 0 Å². The average molecular weight is 202 g/mol. The third-order valence-electron chi connectivity index (χ3n) is 1.72. The molecule has 1 aromatic heterocycles. The van der Waals surface area contributed by atoms with E-state index in [9.17, 15) is 5.11 Å². The van der Waals surface area contributed by atoms with Crippen LogP contribution < -0.4 is 0 Å². The number of fused-ring (bicyclic) bond motifs is 1. The van der Waals surface area contributed by atoms with Crippen LogP contribution in [0.1, 0.15) is 0 Å². The largest absolute Gasteiger partial charge is 0.507 e. The van der Waals surface area contributed by atoms with Crippen LogP contribution in [0.5, 0.6) is 5.75 Å². The number of aromatic hydroxyl groups is 1. The summed E-state index contributed by atoms with van der Waals surface area (Å²) in [7, 11) is 0. The van der Waals surface area contributed by atoms with Gasteiger partial charge >= 0.3 is 0 Å². The number of aromatic amines is 1. The molecule has 2 rings (SSSR count). The van der Waals surface area contributed by atoms with Gasteiger partial charge in [-0.1, -0.05) is 23.2 Å². The first-order valence-electron chi connectivity index (χ1n) is 3.34. The fraction of sp³-hybridized carbons (Fsp3) is 0. The predicted octanol–water partition coefficient (Wildman–Crippen LogP) is 3.18.